The van der Waals surface area contributed by atoms with E-state index < -0.39 is 5.60 Å². The third-order valence-corrected chi connectivity index (χ3v) is 4.32. The van der Waals surface area contributed by atoms with Crippen molar-refractivity contribution >= 4 is 6.09 Å². The summed E-state index contributed by atoms with van der Waals surface area (Å²) in [7, 11) is 0. The topological polar surface area (TPSA) is 41.6 Å². The monoisotopic (exact) mass is 282 g/mol. The highest BCUT2D eigenvalue weighted by atomic mass is 16.6. The van der Waals surface area contributed by atoms with Crippen molar-refractivity contribution in [1.29, 1.82) is 0 Å². The number of hydrogen-bond acceptors (Lipinski definition) is 3. The predicted molar refractivity (Wildman–Crippen MR) is 80.7 cm³/mol. The van der Waals surface area contributed by atoms with Crippen LogP contribution in [0.15, 0.2) is 0 Å². The molecular weight excluding hydrogens is 252 g/mol. The third-order valence-electron chi connectivity index (χ3n) is 4.32. The van der Waals surface area contributed by atoms with Crippen LogP contribution >= 0.6 is 0 Å². The van der Waals surface area contributed by atoms with E-state index in [-0.39, 0.29) is 6.09 Å². The number of nitrogens with one attached hydrogen (secondary N) is 1. The molecule has 0 spiro atoms. The summed E-state index contributed by atoms with van der Waals surface area (Å²) in [6.07, 6.45) is 4.50. The van der Waals surface area contributed by atoms with Crippen molar-refractivity contribution in [1.82, 2.24) is 10.2 Å². The zero-order chi connectivity index (χ0) is 14.8. The number of hydrogen-bond donors (Lipinski definition) is 1. The number of ether oxygens (including phenoxy) is 1. The molecule has 0 radical (unpaired) electrons. The van der Waals surface area contributed by atoms with Crippen LogP contribution in [0.4, 0.5) is 4.79 Å². The lowest BCUT2D eigenvalue weighted by atomic mass is 10.1. The molecule has 1 saturated heterocycles. The highest BCUT2D eigenvalue weighted by Gasteiger charge is 2.32. The van der Waals surface area contributed by atoms with Gasteiger partial charge in [-0.25, -0.2) is 4.79 Å². The van der Waals surface area contributed by atoms with Crippen molar-refractivity contribution in [2.24, 2.45) is 11.8 Å². The fourth-order valence-electron chi connectivity index (χ4n) is 2.81. The lowest BCUT2D eigenvalue weighted by molar-refractivity contribution is 0.0256. The quantitative estimate of drug-likeness (QED) is 0.865. The molecule has 20 heavy (non-hydrogen) atoms. The lowest BCUT2D eigenvalue weighted by Crippen LogP contribution is -2.38. The van der Waals surface area contributed by atoms with Crippen LogP contribution in [-0.4, -0.2) is 42.3 Å². The Morgan fingerprint density at radius 3 is 2.60 bits per heavy atom. The molecule has 1 amide bonds. The van der Waals surface area contributed by atoms with Crippen LogP contribution in [0.3, 0.4) is 0 Å². The number of nitrogens with zero attached hydrogens (tertiary/aromatic N) is 1. The van der Waals surface area contributed by atoms with Crippen LogP contribution in [0.25, 0.3) is 0 Å². The number of amides is 1. The maximum atomic E-state index is 12.1. The second-order valence-electron chi connectivity index (χ2n) is 7.48. The summed E-state index contributed by atoms with van der Waals surface area (Å²) in [5.41, 5.74) is -0.400. The Kier molecular flexibility index (Phi) is 4.95. The molecule has 3 atom stereocenters. The van der Waals surface area contributed by atoms with Gasteiger partial charge in [0.2, 0.25) is 0 Å². The van der Waals surface area contributed by atoms with Gasteiger partial charge in [0, 0.05) is 19.1 Å². The molecule has 0 bridgehead atoms. The molecule has 2 fully saturated rings. The van der Waals surface area contributed by atoms with E-state index >= 15 is 0 Å². The Morgan fingerprint density at radius 2 is 2.00 bits per heavy atom. The summed E-state index contributed by atoms with van der Waals surface area (Å²) in [5, 5.41) is 3.68. The molecule has 116 valence electrons. The molecule has 1 aliphatic heterocycles. The Balaban J connectivity index is 1.72. The summed E-state index contributed by atoms with van der Waals surface area (Å²) in [6.45, 7) is 10.9. The largest absolute Gasteiger partial charge is 0.444 e. The Bertz CT molecular complexity index is 338. The first-order valence-corrected chi connectivity index (χ1v) is 8.06. The maximum absolute atomic E-state index is 12.1. The Morgan fingerprint density at radius 1 is 1.30 bits per heavy atom. The average molecular weight is 282 g/mol. The summed E-state index contributed by atoms with van der Waals surface area (Å²) in [6, 6.07) is 0.565. The van der Waals surface area contributed by atoms with Crippen molar-refractivity contribution in [2.75, 3.05) is 19.6 Å². The Hall–Kier alpha value is -0.770. The van der Waals surface area contributed by atoms with Gasteiger partial charge < -0.3 is 15.0 Å². The van der Waals surface area contributed by atoms with E-state index in [2.05, 4.69) is 12.2 Å². The normalized spacial score (nSPS) is 30.8. The Labute approximate surface area is 123 Å². The second-order valence-corrected chi connectivity index (χ2v) is 7.48. The van der Waals surface area contributed by atoms with Crippen molar-refractivity contribution in [3.8, 4) is 0 Å². The average Bonchev–Trinajstić information content (AvgIpc) is 3.06. The van der Waals surface area contributed by atoms with Crippen molar-refractivity contribution in [3.05, 3.63) is 0 Å². The smallest absolute Gasteiger partial charge is 0.410 e. The summed E-state index contributed by atoms with van der Waals surface area (Å²) in [4.78, 5) is 13.9. The van der Waals surface area contributed by atoms with Gasteiger partial charge in [-0.05, 0) is 64.8 Å². The first kappa shape index (κ1) is 15.6. The minimum absolute atomic E-state index is 0.158. The van der Waals surface area contributed by atoms with E-state index in [0.29, 0.717) is 6.04 Å². The first-order valence-electron chi connectivity index (χ1n) is 8.06. The van der Waals surface area contributed by atoms with E-state index in [1.54, 1.807) is 0 Å². The van der Waals surface area contributed by atoms with Crippen molar-refractivity contribution in [2.45, 2.75) is 65.0 Å². The summed E-state index contributed by atoms with van der Waals surface area (Å²) < 4.78 is 5.46. The molecule has 0 aromatic carbocycles. The number of rotatable bonds is 3. The van der Waals surface area contributed by atoms with Crippen LogP contribution < -0.4 is 5.32 Å². The van der Waals surface area contributed by atoms with Crippen LogP contribution in [-0.2, 0) is 4.74 Å². The minimum atomic E-state index is -0.400. The maximum Gasteiger partial charge on any atom is 0.410 e. The molecule has 1 N–H and O–H groups in total. The van der Waals surface area contributed by atoms with Gasteiger partial charge >= 0.3 is 6.09 Å². The van der Waals surface area contributed by atoms with Gasteiger partial charge in [0.1, 0.15) is 5.60 Å². The molecule has 4 heteroatoms. The van der Waals surface area contributed by atoms with E-state index in [1.807, 2.05) is 25.7 Å². The van der Waals surface area contributed by atoms with Gasteiger partial charge in [-0.3, -0.25) is 0 Å². The molecule has 2 rings (SSSR count). The summed E-state index contributed by atoms with van der Waals surface area (Å²) in [5.74, 6) is 1.80. The van der Waals surface area contributed by atoms with Crippen molar-refractivity contribution in [3.63, 3.8) is 0 Å². The van der Waals surface area contributed by atoms with Crippen LogP contribution in [0.5, 0.6) is 0 Å². The van der Waals surface area contributed by atoms with Crippen molar-refractivity contribution < 1.29 is 9.53 Å². The van der Waals surface area contributed by atoms with Gasteiger partial charge in [0.05, 0.1) is 0 Å². The van der Waals surface area contributed by atoms with E-state index in [4.69, 9.17) is 4.74 Å². The minimum Gasteiger partial charge on any atom is -0.444 e. The highest BCUT2D eigenvalue weighted by molar-refractivity contribution is 5.68. The molecule has 1 heterocycles. The molecule has 0 aromatic heterocycles. The molecule has 1 saturated carbocycles. The van der Waals surface area contributed by atoms with E-state index in [1.165, 1.54) is 12.8 Å². The summed E-state index contributed by atoms with van der Waals surface area (Å²) >= 11 is 0. The highest BCUT2D eigenvalue weighted by Crippen LogP contribution is 2.37. The van der Waals surface area contributed by atoms with Crippen LogP contribution in [0.2, 0.25) is 0 Å². The fraction of sp³-hybridized carbons (Fsp3) is 0.938. The molecule has 1 aliphatic carbocycles. The zero-order valence-corrected chi connectivity index (χ0v) is 13.4. The number of likely N-dealkylation sites (tertiary alicyclic amines) is 1. The van der Waals surface area contributed by atoms with Gasteiger partial charge in [-0.2, -0.15) is 0 Å². The lowest BCUT2D eigenvalue weighted by Gasteiger charge is -2.26. The second kappa shape index (κ2) is 6.33. The molecule has 4 nitrogen and oxygen atoms in total. The van der Waals surface area contributed by atoms with E-state index in [9.17, 15) is 4.79 Å². The molecule has 0 aromatic rings. The standard InChI is InChI=1S/C16H30N2O2/c1-12-10-13(12)11-17-14-6-5-8-18(9-7-14)15(19)20-16(2,3)4/h12-14,17H,5-11H2,1-4H3. The molecule has 2 aliphatic rings. The van der Waals surface area contributed by atoms with Crippen LogP contribution in [0.1, 0.15) is 53.4 Å². The predicted octanol–water partition coefficient (Wildman–Crippen LogP) is 3.02. The molecule has 3 unspecified atom stereocenters. The van der Waals surface area contributed by atoms with Gasteiger partial charge in [0.25, 0.3) is 0 Å². The first-order chi connectivity index (χ1) is 9.35. The number of carbonyl (C=O) groups excluding carboxylic acids is 1. The van der Waals surface area contributed by atoms with Gasteiger partial charge in [0.15, 0.2) is 0 Å². The molecular formula is C16H30N2O2. The van der Waals surface area contributed by atoms with Crippen LogP contribution in [0, 0.1) is 11.8 Å². The van der Waals surface area contributed by atoms with Gasteiger partial charge in [-0.1, -0.05) is 6.92 Å². The fourth-order valence-corrected chi connectivity index (χ4v) is 2.81. The zero-order valence-electron chi connectivity index (χ0n) is 13.4. The number of carbonyl (C=O) groups is 1. The third kappa shape index (κ3) is 4.97. The van der Waals surface area contributed by atoms with Gasteiger partial charge in [-0.15, -0.1) is 0 Å². The van der Waals surface area contributed by atoms with E-state index in [0.717, 1.165) is 44.3 Å². The SMILES string of the molecule is CC1CC1CNC1CCCN(C(=O)OC(C)(C)C)CC1.